The van der Waals surface area contributed by atoms with Crippen molar-refractivity contribution in [2.45, 2.75) is 70.1 Å². The van der Waals surface area contributed by atoms with Crippen LogP contribution in [-0.2, 0) is 19.8 Å². The highest BCUT2D eigenvalue weighted by Gasteiger charge is 2.62. The standard InChI is InChI=1S/C24H33N5O6/c1-22(2)13-7-8-23(3,9-13)20(22)34-21(32)33-10-15-17(30)18(31)24(35-15,11-26-4)16-6-5-14-19(25)27-12-28-29(14)16/h5-6,11-13,15,17-18,20,30-31H,7-10H2,1-4H3,(H2,25,27,28)/t13?,15-,17-,18-,20+,23?,24+/m1/s1. The highest BCUT2D eigenvalue weighted by molar-refractivity contribution is 5.75. The van der Waals surface area contributed by atoms with E-state index in [2.05, 4.69) is 35.8 Å². The minimum absolute atomic E-state index is 0.0563. The van der Waals surface area contributed by atoms with Crippen molar-refractivity contribution in [3.05, 3.63) is 24.2 Å². The third kappa shape index (κ3) is 3.51. The van der Waals surface area contributed by atoms with Gasteiger partial charge in [-0.3, -0.25) is 4.99 Å². The fourth-order valence-electron chi connectivity index (χ4n) is 6.64. The number of nitrogens with two attached hydrogens (primary N) is 1. The Morgan fingerprint density at radius 3 is 2.83 bits per heavy atom. The smallest absolute Gasteiger partial charge is 0.431 e. The number of aliphatic imine (C=N–C) groups is 1. The largest absolute Gasteiger partial charge is 0.508 e. The zero-order valence-corrected chi connectivity index (χ0v) is 20.4. The number of aliphatic hydroxyl groups is 2. The minimum atomic E-state index is -1.54. The van der Waals surface area contributed by atoms with E-state index >= 15 is 0 Å². The Balaban J connectivity index is 1.33. The fourth-order valence-corrected chi connectivity index (χ4v) is 6.64. The van der Waals surface area contributed by atoms with Crippen LogP contribution in [0.25, 0.3) is 5.52 Å². The molecule has 2 bridgehead atoms. The summed E-state index contributed by atoms with van der Waals surface area (Å²) < 4.78 is 18.8. The van der Waals surface area contributed by atoms with Crippen molar-refractivity contribution in [2.24, 2.45) is 21.7 Å². The number of ether oxygens (including phenoxy) is 3. The highest BCUT2D eigenvalue weighted by Crippen LogP contribution is 2.63. The molecule has 2 unspecified atom stereocenters. The SMILES string of the molecule is CN=C[C@@]1(c2ccc3c(N)ncnn23)O[C@H](COC(=O)O[C@@H]2C3(C)CCC(C3)C2(C)C)[C@@H](O)[C@H]1O. The molecule has 2 aromatic rings. The summed E-state index contributed by atoms with van der Waals surface area (Å²) in [5.41, 5.74) is 5.14. The van der Waals surface area contributed by atoms with E-state index in [9.17, 15) is 15.0 Å². The van der Waals surface area contributed by atoms with E-state index in [0.717, 1.165) is 19.3 Å². The Labute approximate surface area is 203 Å². The molecule has 1 saturated heterocycles. The van der Waals surface area contributed by atoms with Gasteiger partial charge in [0, 0.05) is 24.1 Å². The lowest BCUT2D eigenvalue weighted by Crippen LogP contribution is -2.44. The second-order valence-electron chi connectivity index (χ2n) is 10.9. The lowest BCUT2D eigenvalue weighted by atomic mass is 9.70. The van der Waals surface area contributed by atoms with Crippen molar-refractivity contribution in [3.63, 3.8) is 0 Å². The molecule has 0 aromatic carbocycles. The molecule has 4 N–H and O–H groups in total. The van der Waals surface area contributed by atoms with Gasteiger partial charge in [0.15, 0.2) is 11.4 Å². The molecule has 3 aliphatic rings. The lowest BCUT2D eigenvalue weighted by Gasteiger charge is -2.41. The van der Waals surface area contributed by atoms with Gasteiger partial charge in [-0.2, -0.15) is 5.10 Å². The predicted molar refractivity (Wildman–Crippen MR) is 126 cm³/mol. The molecule has 1 aliphatic heterocycles. The Bertz CT molecular complexity index is 1160. The first-order valence-corrected chi connectivity index (χ1v) is 11.9. The summed E-state index contributed by atoms with van der Waals surface area (Å²) >= 11 is 0. The number of carbonyl (C=O) groups excluding carboxylic acids is 1. The van der Waals surface area contributed by atoms with Crippen molar-refractivity contribution in [3.8, 4) is 0 Å². The van der Waals surface area contributed by atoms with Crippen LogP contribution in [0.5, 0.6) is 0 Å². The van der Waals surface area contributed by atoms with Crippen LogP contribution in [0.1, 0.15) is 45.7 Å². The normalized spacial score (nSPS) is 37.9. The first kappa shape index (κ1) is 24.0. The van der Waals surface area contributed by atoms with Crippen molar-refractivity contribution in [1.82, 2.24) is 14.6 Å². The van der Waals surface area contributed by atoms with Gasteiger partial charge in [0.25, 0.3) is 0 Å². The number of nitrogen functional groups attached to an aromatic ring is 1. The Kier molecular flexibility index (Phi) is 5.57. The molecule has 190 valence electrons. The maximum atomic E-state index is 12.7. The van der Waals surface area contributed by atoms with Crippen molar-refractivity contribution < 1.29 is 29.2 Å². The summed E-state index contributed by atoms with van der Waals surface area (Å²) in [5.74, 6) is 0.770. The van der Waals surface area contributed by atoms with Crippen LogP contribution in [-0.4, -0.2) is 75.3 Å². The van der Waals surface area contributed by atoms with E-state index < -0.39 is 30.1 Å². The summed E-state index contributed by atoms with van der Waals surface area (Å²) in [6.07, 6.45) is 1.04. The van der Waals surface area contributed by atoms with E-state index in [1.54, 1.807) is 12.1 Å². The zero-order chi connectivity index (χ0) is 25.2. The molecule has 2 aliphatic carbocycles. The van der Waals surface area contributed by atoms with Gasteiger partial charge in [-0.1, -0.05) is 20.8 Å². The molecular formula is C24H33N5O6. The predicted octanol–water partition coefficient (Wildman–Crippen LogP) is 1.70. The number of nitrogens with zero attached hydrogens (tertiary/aromatic N) is 4. The Morgan fingerprint density at radius 1 is 1.37 bits per heavy atom. The lowest BCUT2D eigenvalue weighted by molar-refractivity contribution is -0.0936. The van der Waals surface area contributed by atoms with Crippen molar-refractivity contribution >= 4 is 23.7 Å². The molecule has 3 heterocycles. The van der Waals surface area contributed by atoms with Crippen molar-refractivity contribution in [2.75, 3.05) is 19.4 Å². The Morgan fingerprint density at radius 2 is 2.14 bits per heavy atom. The summed E-state index contributed by atoms with van der Waals surface area (Å²) in [4.78, 5) is 20.7. The van der Waals surface area contributed by atoms with Crippen LogP contribution in [0.2, 0.25) is 0 Å². The molecule has 11 heteroatoms. The quantitative estimate of drug-likeness (QED) is 0.422. The Hall–Kier alpha value is -2.76. The number of rotatable bonds is 5. The van der Waals surface area contributed by atoms with Crippen LogP contribution in [0.3, 0.4) is 0 Å². The van der Waals surface area contributed by atoms with Crippen LogP contribution in [0.4, 0.5) is 10.6 Å². The fraction of sp³-hybridized carbons (Fsp3) is 0.667. The molecule has 2 saturated carbocycles. The molecule has 0 spiro atoms. The molecule has 7 atom stereocenters. The van der Waals surface area contributed by atoms with E-state index in [1.165, 1.54) is 24.1 Å². The maximum Gasteiger partial charge on any atom is 0.508 e. The summed E-state index contributed by atoms with van der Waals surface area (Å²) in [6.45, 7) is 6.13. The number of hydrogen-bond acceptors (Lipinski definition) is 10. The van der Waals surface area contributed by atoms with E-state index in [1.807, 2.05) is 0 Å². The number of aromatic nitrogens is 3. The average Bonchev–Trinajstić information content (AvgIpc) is 3.52. The summed E-state index contributed by atoms with van der Waals surface area (Å²) in [7, 11) is 1.53. The summed E-state index contributed by atoms with van der Waals surface area (Å²) in [6, 6.07) is 3.37. The molecule has 2 aromatic heterocycles. The molecule has 35 heavy (non-hydrogen) atoms. The van der Waals surface area contributed by atoms with Gasteiger partial charge >= 0.3 is 6.16 Å². The van der Waals surface area contributed by atoms with Gasteiger partial charge < -0.3 is 30.2 Å². The number of fused-ring (bicyclic) bond motifs is 3. The van der Waals surface area contributed by atoms with E-state index in [4.69, 9.17) is 19.9 Å². The second-order valence-corrected chi connectivity index (χ2v) is 10.9. The van der Waals surface area contributed by atoms with Crippen LogP contribution < -0.4 is 5.73 Å². The molecule has 0 amide bonds. The highest BCUT2D eigenvalue weighted by atomic mass is 16.7. The van der Waals surface area contributed by atoms with Gasteiger partial charge in [0.05, 0.1) is 5.69 Å². The molecular weight excluding hydrogens is 454 g/mol. The van der Waals surface area contributed by atoms with E-state index in [-0.39, 0.29) is 29.4 Å². The van der Waals surface area contributed by atoms with Crippen LogP contribution >= 0.6 is 0 Å². The molecule has 5 rings (SSSR count). The molecule has 3 fully saturated rings. The van der Waals surface area contributed by atoms with Crippen LogP contribution in [0.15, 0.2) is 23.5 Å². The van der Waals surface area contributed by atoms with Gasteiger partial charge in [-0.25, -0.2) is 14.3 Å². The monoisotopic (exact) mass is 487 g/mol. The van der Waals surface area contributed by atoms with Gasteiger partial charge in [0.2, 0.25) is 0 Å². The minimum Gasteiger partial charge on any atom is -0.431 e. The van der Waals surface area contributed by atoms with Gasteiger partial charge in [-0.05, 0) is 37.3 Å². The third-order valence-electron chi connectivity index (χ3n) is 8.41. The topological polar surface area (TPSA) is 154 Å². The molecule has 0 radical (unpaired) electrons. The maximum absolute atomic E-state index is 12.7. The van der Waals surface area contributed by atoms with E-state index in [0.29, 0.717) is 17.1 Å². The summed E-state index contributed by atoms with van der Waals surface area (Å²) in [5, 5.41) is 26.1. The number of hydrogen-bond donors (Lipinski definition) is 3. The number of aliphatic hydroxyl groups excluding tert-OH is 2. The second kappa shape index (κ2) is 8.14. The third-order valence-corrected chi connectivity index (χ3v) is 8.41. The van der Waals surface area contributed by atoms with Crippen molar-refractivity contribution in [1.29, 1.82) is 0 Å². The van der Waals surface area contributed by atoms with Gasteiger partial charge in [-0.15, -0.1) is 0 Å². The number of carbonyl (C=O) groups is 1. The first-order valence-electron chi connectivity index (χ1n) is 11.9. The first-order chi connectivity index (χ1) is 16.5. The van der Waals surface area contributed by atoms with Crippen LogP contribution in [0, 0.1) is 16.7 Å². The van der Waals surface area contributed by atoms with Gasteiger partial charge in [0.1, 0.15) is 42.9 Å². The number of anilines is 1. The average molecular weight is 488 g/mol. The zero-order valence-electron chi connectivity index (χ0n) is 20.4. The molecule has 11 nitrogen and oxygen atoms in total.